The van der Waals surface area contributed by atoms with Gasteiger partial charge in [-0.05, 0) is 96.5 Å². The topological polar surface area (TPSA) is 51.6 Å². The van der Waals surface area contributed by atoms with Crippen LogP contribution in [0, 0.1) is 0 Å². The second-order valence-electron chi connectivity index (χ2n) is 22.7. The number of nitrogens with zero attached hydrogens (tertiary/aromatic N) is 4. The van der Waals surface area contributed by atoms with E-state index >= 15 is 0 Å². The van der Waals surface area contributed by atoms with E-state index in [0.717, 1.165) is 34.9 Å². The van der Waals surface area contributed by atoms with E-state index in [9.17, 15) is 0 Å². The Labute approximate surface area is 469 Å². The molecule has 0 amide bonds. The Bertz CT molecular complexity index is 2200. The molecule has 0 aliphatic rings. The van der Waals surface area contributed by atoms with Gasteiger partial charge < -0.3 is 0 Å². The molecule has 0 radical (unpaired) electrons. The Hall–Kier alpha value is -2.26. The average Bonchev–Trinajstić information content (AvgIpc) is 4.26. The second-order valence-corrected chi connectivity index (χ2v) is 25.5. The van der Waals surface area contributed by atoms with Gasteiger partial charge in [0.2, 0.25) is 0 Å². The molecule has 4 nitrogen and oxygen atoms in total. The van der Waals surface area contributed by atoms with E-state index in [-0.39, 0.29) is 0 Å². The Balaban J connectivity index is 1.21. The van der Waals surface area contributed by atoms with Crippen molar-refractivity contribution in [2.24, 2.45) is 0 Å². The molecule has 8 heteroatoms. The molecule has 412 valence electrons. The van der Waals surface area contributed by atoms with Crippen molar-refractivity contribution >= 4 is 79.0 Å². The molecule has 2 aromatic carbocycles. The Morgan fingerprint density at radius 1 is 0.284 bits per heavy atom. The predicted molar refractivity (Wildman–Crippen MR) is 335 cm³/mol. The van der Waals surface area contributed by atoms with Gasteiger partial charge in [0, 0.05) is 31.7 Å². The summed E-state index contributed by atoms with van der Waals surface area (Å²) >= 11 is 6.71. The average molecular weight is 1080 g/mol. The van der Waals surface area contributed by atoms with E-state index in [1.54, 1.807) is 22.3 Å². The summed E-state index contributed by atoms with van der Waals surface area (Å²) in [4.78, 5) is 2.85. The summed E-state index contributed by atoms with van der Waals surface area (Å²) in [7, 11) is 0. The van der Waals surface area contributed by atoms with Crippen LogP contribution in [0.3, 0.4) is 0 Å². The maximum Gasteiger partial charge on any atom is 0.114 e. The van der Waals surface area contributed by atoms with E-state index in [2.05, 4.69) is 50.6 Å². The summed E-state index contributed by atoms with van der Waals surface area (Å²) < 4.78 is 20.6. The highest BCUT2D eigenvalue weighted by molar-refractivity contribution is 7.14. The highest BCUT2D eigenvalue weighted by Crippen LogP contribution is 2.46. The highest BCUT2D eigenvalue weighted by atomic mass is 32.1. The van der Waals surface area contributed by atoms with Crippen LogP contribution in [-0.2, 0) is 25.7 Å². The van der Waals surface area contributed by atoms with E-state index in [1.165, 1.54) is 325 Å². The first-order valence-corrected chi connectivity index (χ1v) is 34.9. The Morgan fingerprint density at radius 3 is 0.811 bits per heavy atom. The van der Waals surface area contributed by atoms with Gasteiger partial charge in [-0.3, -0.25) is 0 Å². The molecule has 0 atom stereocenters. The number of aromatic nitrogens is 4. The number of thiophene rings is 2. The zero-order valence-corrected chi connectivity index (χ0v) is 51.1. The van der Waals surface area contributed by atoms with Crippen molar-refractivity contribution in [3.63, 3.8) is 0 Å². The molecule has 4 heterocycles. The number of hydrogen-bond donors (Lipinski definition) is 0. The van der Waals surface area contributed by atoms with Crippen LogP contribution < -0.4 is 0 Å². The number of aryl methyl sites for hydroxylation is 2. The van der Waals surface area contributed by atoms with Crippen molar-refractivity contribution in [3.05, 3.63) is 45.1 Å². The predicted octanol–water partition coefficient (Wildman–Crippen LogP) is 24.2. The molecule has 6 rings (SSSR count). The maximum absolute atomic E-state index is 5.15. The maximum atomic E-state index is 5.15. The largest absolute Gasteiger partial charge is 0.172 e. The zero-order chi connectivity index (χ0) is 51.7. The molecular formula is C66H104N4S4. The molecule has 0 aliphatic carbocycles. The van der Waals surface area contributed by atoms with Crippen LogP contribution in [0.2, 0.25) is 0 Å². The van der Waals surface area contributed by atoms with Crippen LogP contribution in [0.5, 0.6) is 0 Å². The Kier molecular flexibility index (Phi) is 30.9. The summed E-state index contributed by atoms with van der Waals surface area (Å²) in [6.07, 6.45) is 59.8. The number of hydrogen-bond acceptors (Lipinski definition) is 8. The molecule has 0 N–H and O–H groups in total. The molecule has 0 saturated carbocycles. The van der Waals surface area contributed by atoms with Gasteiger partial charge in [0.05, 0.1) is 23.5 Å². The minimum Gasteiger partial charge on any atom is -0.172 e. The van der Waals surface area contributed by atoms with Crippen molar-refractivity contribution in [1.82, 2.24) is 17.5 Å². The van der Waals surface area contributed by atoms with Gasteiger partial charge in [0.25, 0.3) is 0 Å². The van der Waals surface area contributed by atoms with Gasteiger partial charge in [-0.15, -0.1) is 22.7 Å². The van der Waals surface area contributed by atoms with Gasteiger partial charge in [-0.2, -0.15) is 17.5 Å². The molecule has 6 aromatic rings. The lowest BCUT2D eigenvalue weighted by atomic mass is 9.92. The molecule has 74 heavy (non-hydrogen) atoms. The number of unbranched alkanes of at least 4 members (excludes halogenated alkanes) is 36. The molecular weight excluding hydrogens is 977 g/mol. The van der Waals surface area contributed by atoms with Gasteiger partial charge in [0.15, 0.2) is 0 Å². The molecule has 4 aromatic heterocycles. The molecule has 0 bridgehead atoms. The Morgan fingerprint density at radius 2 is 0.527 bits per heavy atom. The number of benzene rings is 2. The summed E-state index contributed by atoms with van der Waals surface area (Å²) in [5.74, 6) is 0. The smallest absolute Gasteiger partial charge is 0.114 e. The van der Waals surface area contributed by atoms with Crippen LogP contribution in [0.4, 0.5) is 0 Å². The third-order valence-corrected chi connectivity index (χ3v) is 19.7. The van der Waals surface area contributed by atoms with Crippen LogP contribution in [0.25, 0.3) is 53.7 Å². The lowest BCUT2D eigenvalue weighted by Gasteiger charge is -2.13. The molecule has 0 saturated heterocycles. The first-order chi connectivity index (χ1) is 36.7. The van der Waals surface area contributed by atoms with Crippen LogP contribution in [0.15, 0.2) is 22.9 Å². The fourth-order valence-corrected chi connectivity index (χ4v) is 15.3. The second kappa shape index (κ2) is 37.5. The van der Waals surface area contributed by atoms with E-state index < -0.39 is 0 Å². The minimum atomic E-state index is 1.05. The van der Waals surface area contributed by atoms with Crippen molar-refractivity contribution < 1.29 is 0 Å². The highest BCUT2D eigenvalue weighted by Gasteiger charge is 2.24. The van der Waals surface area contributed by atoms with Gasteiger partial charge in [-0.25, -0.2) is 0 Å². The fraction of sp³-hybridized carbons (Fsp3) is 0.727. The molecule has 0 fully saturated rings. The summed E-state index contributed by atoms with van der Waals surface area (Å²) in [5.41, 5.74) is 13.1. The first-order valence-electron chi connectivity index (χ1n) is 31.7. The zero-order valence-electron chi connectivity index (χ0n) is 47.8. The fourth-order valence-electron chi connectivity index (χ4n) is 11.8. The molecule has 0 unspecified atom stereocenters. The minimum absolute atomic E-state index is 1.05. The molecule has 0 spiro atoms. The van der Waals surface area contributed by atoms with Gasteiger partial charge >= 0.3 is 0 Å². The van der Waals surface area contributed by atoms with E-state index in [4.69, 9.17) is 17.5 Å². The SMILES string of the molecule is CCCCCCCCCCCCc1csc(-c2cc3c(cc(-c4scc(CCCCCCCCCCCC)c4CCCCCCCCCCCC)c4nsnc43)c3nsnc23)c1CCCCCCCCCCCC. The third kappa shape index (κ3) is 20.2. The first kappa shape index (κ1) is 61.0. The summed E-state index contributed by atoms with van der Waals surface area (Å²) in [5, 5.41) is 7.43. The standard InChI is InChI=1S/C66H104N4S4/c1-5-9-13-17-21-25-29-33-37-41-45-53-51-71-65(55(53)47-43-39-35-31-27-23-19-15-11-7-3)59-49-57-58(61-63(59)69-73-67-61)50-60(64-62(57)68-74-70-64)66-56(48-44-40-36-32-28-24-20-16-12-8-4)54(52-72-66)46-42-38-34-30-26-22-18-14-10-6-2/h49-52H,5-48H2,1-4H3. The summed E-state index contributed by atoms with van der Waals surface area (Å²) in [6.45, 7) is 9.27. The van der Waals surface area contributed by atoms with Crippen molar-refractivity contribution in [3.8, 4) is 20.9 Å². The van der Waals surface area contributed by atoms with Gasteiger partial charge in [0.1, 0.15) is 22.1 Å². The molecule has 0 aliphatic heterocycles. The van der Waals surface area contributed by atoms with Crippen molar-refractivity contribution in [2.75, 3.05) is 0 Å². The van der Waals surface area contributed by atoms with Gasteiger partial charge in [-0.1, -0.05) is 259 Å². The van der Waals surface area contributed by atoms with E-state index in [0.29, 0.717) is 0 Å². The van der Waals surface area contributed by atoms with Crippen molar-refractivity contribution in [1.29, 1.82) is 0 Å². The lowest BCUT2D eigenvalue weighted by Crippen LogP contribution is -1.96. The van der Waals surface area contributed by atoms with Crippen LogP contribution in [0.1, 0.15) is 307 Å². The number of rotatable bonds is 46. The monoisotopic (exact) mass is 1080 g/mol. The summed E-state index contributed by atoms with van der Waals surface area (Å²) in [6, 6.07) is 4.92. The van der Waals surface area contributed by atoms with Crippen LogP contribution in [-0.4, -0.2) is 17.5 Å². The third-order valence-electron chi connectivity index (χ3n) is 16.5. The van der Waals surface area contributed by atoms with Crippen molar-refractivity contribution in [2.45, 2.75) is 310 Å². The van der Waals surface area contributed by atoms with Crippen LogP contribution >= 0.6 is 46.1 Å². The normalized spacial score (nSPS) is 12.0. The quantitative estimate of drug-likeness (QED) is 0.0358. The number of fused-ring (bicyclic) bond motifs is 5. The lowest BCUT2D eigenvalue weighted by molar-refractivity contribution is 0.553. The van der Waals surface area contributed by atoms with E-state index in [1.807, 2.05) is 22.7 Å².